The zero-order valence-corrected chi connectivity index (χ0v) is 12.0. The number of aromatic nitrogens is 1. The van der Waals surface area contributed by atoms with Crippen molar-refractivity contribution in [2.24, 2.45) is 11.7 Å². The molecule has 2 rings (SSSR count). The minimum atomic E-state index is -0.342. The van der Waals surface area contributed by atoms with Crippen molar-refractivity contribution in [3.63, 3.8) is 0 Å². The summed E-state index contributed by atoms with van der Waals surface area (Å²) in [4.78, 5) is 26.2. The van der Waals surface area contributed by atoms with Crippen LogP contribution in [0.15, 0.2) is 23.0 Å². The van der Waals surface area contributed by atoms with E-state index in [9.17, 15) is 9.59 Å². The molecule has 0 saturated heterocycles. The summed E-state index contributed by atoms with van der Waals surface area (Å²) < 4.78 is 0. The van der Waals surface area contributed by atoms with E-state index in [1.807, 2.05) is 0 Å². The highest BCUT2D eigenvalue weighted by atomic mass is 32.1. The Labute approximate surface area is 123 Å². The van der Waals surface area contributed by atoms with E-state index in [-0.39, 0.29) is 23.2 Å². The molecule has 1 aromatic heterocycles. The molecule has 0 spiro atoms. The number of rotatable bonds is 4. The first-order chi connectivity index (χ1) is 9.58. The first-order valence-corrected chi connectivity index (χ1v) is 7.28. The summed E-state index contributed by atoms with van der Waals surface area (Å²) >= 11 is 5.08. The number of thiocarbonyl (C=S) groups is 1. The Morgan fingerprint density at radius 3 is 2.65 bits per heavy atom. The quantitative estimate of drug-likeness (QED) is 0.731. The summed E-state index contributed by atoms with van der Waals surface area (Å²) in [6.45, 7) is 0. The summed E-state index contributed by atoms with van der Waals surface area (Å²) in [5.74, 6) is -0.0493. The lowest BCUT2D eigenvalue weighted by Gasteiger charge is -2.30. The van der Waals surface area contributed by atoms with Crippen LogP contribution in [0.25, 0.3) is 0 Å². The van der Waals surface area contributed by atoms with E-state index in [1.54, 1.807) is 12.1 Å². The molecular weight excluding hydrogens is 274 g/mol. The van der Waals surface area contributed by atoms with E-state index in [1.165, 1.54) is 12.5 Å². The van der Waals surface area contributed by atoms with Crippen molar-refractivity contribution in [2.45, 2.75) is 38.1 Å². The molecule has 0 aliphatic heterocycles. The predicted molar refractivity (Wildman–Crippen MR) is 81.7 cm³/mol. The molecule has 1 aliphatic rings. The van der Waals surface area contributed by atoms with Gasteiger partial charge in [-0.2, -0.15) is 0 Å². The van der Waals surface area contributed by atoms with Gasteiger partial charge in [0, 0.05) is 6.07 Å². The number of amides is 1. The summed E-state index contributed by atoms with van der Waals surface area (Å²) in [7, 11) is 0. The SMILES string of the molecule is NC(=S)C(NC(=O)c1cccc(=O)[nH]1)C1CCCCC1. The van der Waals surface area contributed by atoms with Crippen molar-refractivity contribution >= 4 is 23.1 Å². The number of carbonyl (C=O) groups excluding carboxylic acids is 1. The van der Waals surface area contributed by atoms with Gasteiger partial charge in [0.25, 0.3) is 5.91 Å². The largest absolute Gasteiger partial charge is 0.392 e. The van der Waals surface area contributed by atoms with Crippen molar-refractivity contribution in [2.75, 3.05) is 0 Å². The monoisotopic (exact) mass is 293 g/mol. The number of nitrogens with two attached hydrogens (primary N) is 1. The maximum absolute atomic E-state index is 12.2. The highest BCUT2D eigenvalue weighted by Gasteiger charge is 2.27. The van der Waals surface area contributed by atoms with E-state index >= 15 is 0 Å². The fourth-order valence-corrected chi connectivity index (χ4v) is 2.94. The number of nitrogens with one attached hydrogen (secondary N) is 2. The van der Waals surface area contributed by atoms with Crippen molar-refractivity contribution in [3.05, 3.63) is 34.2 Å². The number of hydrogen-bond donors (Lipinski definition) is 3. The number of carbonyl (C=O) groups is 1. The summed E-state index contributed by atoms with van der Waals surface area (Å²) in [5, 5.41) is 2.85. The topological polar surface area (TPSA) is 88.0 Å². The van der Waals surface area contributed by atoms with Gasteiger partial charge in [0.1, 0.15) is 5.69 Å². The Bertz CT molecular complexity index is 549. The maximum Gasteiger partial charge on any atom is 0.268 e. The van der Waals surface area contributed by atoms with Crippen molar-refractivity contribution < 1.29 is 4.79 Å². The molecule has 0 aromatic carbocycles. The van der Waals surface area contributed by atoms with Crippen molar-refractivity contribution in [1.82, 2.24) is 10.3 Å². The van der Waals surface area contributed by atoms with Gasteiger partial charge in [-0.3, -0.25) is 9.59 Å². The highest BCUT2D eigenvalue weighted by molar-refractivity contribution is 7.80. The third-order valence-corrected chi connectivity index (χ3v) is 3.98. The lowest BCUT2D eigenvalue weighted by atomic mass is 9.84. The standard InChI is InChI=1S/C14H19N3O2S/c15-13(20)12(9-5-2-1-3-6-9)17-14(19)10-7-4-8-11(18)16-10/h4,7-9,12H,1-3,5-6H2,(H2,15,20)(H,16,18)(H,17,19). The molecule has 1 aromatic rings. The Morgan fingerprint density at radius 1 is 1.35 bits per heavy atom. The fraction of sp³-hybridized carbons (Fsp3) is 0.500. The van der Waals surface area contributed by atoms with Crippen LogP contribution in [0.1, 0.15) is 42.6 Å². The summed E-state index contributed by atoms with van der Waals surface area (Å²) in [5.41, 5.74) is 5.70. The Hall–Kier alpha value is -1.69. The first kappa shape index (κ1) is 14.7. The molecule has 1 atom stereocenters. The zero-order valence-electron chi connectivity index (χ0n) is 11.2. The van der Waals surface area contributed by atoms with Crippen LogP contribution in [0.4, 0.5) is 0 Å². The lowest BCUT2D eigenvalue weighted by Crippen LogP contribution is -2.49. The Balaban J connectivity index is 2.09. The summed E-state index contributed by atoms with van der Waals surface area (Å²) in [6.07, 6.45) is 5.55. The van der Waals surface area contributed by atoms with Crippen LogP contribution in [0.5, 0.6) is 0 Å². The molecular formula is C14H19N3O2S. The third kappa shape index (κ3) is 3.66. The van der Waals surface area contributed by atoms with Gasteiger partial charge in [-0.1, -0.05) is 37.5 Å². The number of aromatic amines is 1. The van der Waals surface area contributed by atoms with Crippen LogP contribution in [0, 0.1) is 5.92 Å². The van der Waals surface area contributed by atoms with Crippen molar-refractivity contribution in [1.29, 1.82) is 0 Å². The smallest absolute Gasteiger partial charge is 0.268 e. The summed E-state index contributed by atoms with van der Waals surface area (Å²) in [6, 6.07) is 4.17. The minimum absolute atomic E-state index is 0.231. The van der Waals surface area contributed by atoms with E-state index in [2.05, 4.69) is 10.3 Å². The van der Waals surface area contributed by atoms with E-state index in [0.29, 0.717) is 10.9 Å². The van der Waals surface area contributed by atoms with Gasteiger partial charge in [-0.05, 0) is 24.8 Å². The first-order valence-electron chi connectivity index (χ1n) is 6.87. The second-order valence-electron chi connectivity index (χ2n) is 5.18. The van der Waals surface area contributed by atoms with Crippen LogP contribution in [-0.4, -0.2) is 21.9 Å². The van der Waals surface area contributed by atoms with Crippen LogP contribution in [0.2, 0.25) is 0 Å². The zero-order chi connectivity index (χ0) is 14.5. The average Bonchev–Trinajstić information content (AvgIpc) is 2.45. The third-order valence-electron chi connectivity index (χ3n) is 3.73. The lowest BCUT2D eigenvalue weighted by molar-refractivity contribution is 0.0926. The van der Waals surface area contributed by atoms with Crippen LogP contribution >= 0.6 is 12.2 Å². The van der Waals surface area contributed by atoms with Gasteiger partial charge in [0.15, 0.2) is 0 Å². The van der Waals surface area contributed by atoms with Crippen LogP contribution in [-0.2, 0) is 0 Å². The molecule has 0 bridgehead atoms. The van der Waals surface area contributed by atoms with Gasteiger partial charge < -0.3 is 16.0 Å². The van der Waals surface area contributed by atoms with E-state index in [0.717, 1.165) is 25.7 Å². The van der Waals surface area contributed by atoms with Crippen molar-refractivity contribution in [3.8, 4) is 0 Å². The Morgan fingerprint density at radius 2 is 2.05 bits per heavy atom. The number of pyridine rings is 1. The second kappa shape index (κ2) is 6.65. The molecule has 20 heavy (non-hydrogen) atoms. The Kier molecular flexibility index (Phi) is 4.89. The molecule has 1 fully saturated rings. The maximum atomic E-state index is 12.2. The van der Waals surface area contributed by atoms with E-state index < -0.39 is 0 Å². The van der Waals surface area contributed by atoms with Gasteiger partial charge in [-0.25, -0.2) is 0 Å². The molecule has 6 heteroatoms. The average molecular weight is 293 g/mol. The highest BCUT2D eigenvalue weighted by Crippen LogP contribution is 2.26. The predicted octanol–water partition coefficient (Wildman–Crippen LogP) is 1.34. The second-order valence-corrected chi connectivity index (χ2v) is 5.65. The number of hydrogen-bond acceptors (Lipinski definition) is 3. The number of H-pyrrole nitrogens is 1. The van der Waals surface area contributed by atoms with Gasteiger partial charge >= 0.3 is 0 Å². The molecule has 108 valence electrons. The van der Waals surface area contributed by atoms with Gasteiger partial charge in [0.2, 0.25) is 5.56 Å². The van der Waals surface area contributed by atoms with Crippen LogP contribution < -0.4 is 16.6 Å². The molecule has 0 radical (unpaired) electrons. The molecule has 5 nitrogen and oxygen atoms in total. The minimum Gasteiger partial charge on any atom is -0.392 e. The fourth-order valence-electron chi connectivity index (χ4n) is 2.69. The molecule has 1 saturated carbocycles. The molecule has 1 unspecified atom stereocenters. The van der Waals surface area contributed by atoms with Gasteiger partial charge in [-0.15, -0.1) is 0 Å². The molecule has 4 N–H and O–H groups in total. The molecule has 1 heterocycles. The van der Waals surface area contributed by atoms with Gasteiger partial charge in [0.05, 0.1) is 11.0 Å². The normalized spacial score (nSPS) is 17.4. The van der Waals surface area contributed by atoms with Crippen LogP contribution in [0.3, 0.4) is 0 Å². The molecule has 1 aliphatic carbocycles. The van der Waals surface area contributed by atoms with E-state index in [4.69, 9.17) is 18.0 Å². The molecule has 1 amide bonds.